The Morgan fingerprint density at radius 3 is 2.29 bits per heavy atom. The SMILES string of the molecule is O=c1c(C(F)(F)F)c(-c2ccccc2)nc2ccccn12. The molecular formula is C15H9F3N2O. The number of benzene rings is 1. The molecule has 3 nitrogen and oxygen atoms in total. The number of fused-ring (bicyclic) bond motifs is 1. The van der Waals surface area contributed by atoms with Gasteiger partial charge in [-0.15, -0.1) is 0 Å². The first-order chi connectivity index (χ1) is 9.98. The minimum Gasteiger partial charge on any atom is -0.268 e. The van der Waals surface area contributed by atoms with Crippen LogP contribution < -0.4 is 5.56 Å². The minimum atomic E-state index is -4.77. The highest BCUT2D eigenvalue weighted by molar-refractivity contribution is 5.65. The first kappa shape index (κ1) is 13.4. The van der Waals surface area contributed by atoms with Crippen molar-refractivity contribution >= 4 is 5.65 Å². The number of alkyl halides is 3. The maximum Gasteiger partial charge on any atom is 0.423 e. The van der Waals surface area contributed by atoms with Gasteiger partial charge in [0.2, 0.25) is 0 Å². The lowest BCUT2D eigenvalue weighted by Gasteiger charge is -2.13. The Morgan fingerprint density at radius 2 is 1.62 bits per heavy atom. The molecule has 6 heteroatoms. The zero-order valence-corrected chi connectivity index (χ0v) is 10.6. The highest BCUT2D eigenvalue weighted by Crippen LogP contribution is 2.33. The van der Waals surface area contributed by atoms with Crippen LogP contribution in [0.2, 0.25) is 0 Å². The first-order valence-electron chi connectivity index (χ1n) is 6.12. The van der Waals surface area contributed by atoms with Crippen LogP contribution in [-0.2, 0) is 6.18 Å². The third kappa shape index (κ3) is 2.29. The summed E-state index contributed by atoms with van der Waals surface area (Å²) in [5.74, 6) is 0. The average Bonchev–Trinajstić information content (AvgIpc) is 2.46. The Balaban J connectivity index is 2.45. The predicted molar refractivity (Wildman–Crippen MR) is 71.9 cm³/mol. The van der Waals surface area contributed by atoms with Crippen molar-refractivity contribution in [2.75, 3.05) is 0 Å². The lowest BCUT2D eigenvalue weighted by molar-refractivity contribution is -0.138. The van der Waals surface area contributed by atoms with Gasteiger partial charge in [0, 0.05) is 11.8 Å². The zero-order chi connectivity index (χ0) is 15.0. The second kappa shape index (κ2) is 4.73. The highest BCUT2D eigenvalue weighted by Gasteiger charge is 2.38. The number of halogens is 3. The minimum absolute atomic E-state index is 0.175. The molecule has 1 aromatic carbocycles. The van der Waals surface area contributed by atoms with Crippen molar-refractivity contribution in [2.24, 2.45) is 0 Å². The fourth-order valence-electron chi connectivity index (χ4n) is 2.15. The molecule has 0 fully saturated rings. The molecule has 106 valence electrons. The lowest BCUT2D eigenvalue weighted by atomic mass is 10.1. The largest absolute Gasteiger partial charge is 0.423 e. The quantitative estimate of drug-likeness (QED) is 0.688. The van der Waals surface area contributed by atoms with Crippen molar-refractivity contribution in [2.45, 2.75) is 6.18 Å². The van der Waals surface area contributed by atoms with Crippen LogP contribution in [-0.4, -0.2) is 9.38 Å². The third-order valence-corrected chi connectivity index (χ3v) is 3.06. The molecule has 3 aromatic rings. The highest BCUT2D eigenvalue weighted by atomic mass is 19.4. The predicted octanol–water partition coefficient (Wildman–Crippen LogP) is 3.38. The molecule has 0 unspecified atom stereocenters. The van der Waals surface area contributed by atoms with Crippen molar-refractivity contribution in [1.82, 2.24) is 9.38 Å². The molecule has 0 aliphatic heterocycles. The maximum atomic E-state index is 13.3. The van der Waals surface area contributed by atoms with Crippen molar-refractivity contribution in [3.63, 3.8) is 0 Å². The van der Waals surface area contributed by atoms with Gasteiger partial charge in [-0.05, 0) is 12.1 Å². The number of hydrogen-bond acceptors (Lipinski definition) is 2. The van der Waals surface area contributed by atoms with E-state index in [0.29, 0.717) is 0 Å². The summed E-state index contributed by atoms with van der Waals surface area (Å²) in [7, 11) is 0. The molecule has 2 aromatic heterocycles. The van der Waals surface area contributed by atoms with Gasteiger partial charge < -0.3 is 0 Å². The van der Waals surface area contributed by atoms with E-state index in [1.54, 1.807) is 24.3 Å². The second-order valence-electron chi connectivity index (χ2n) is 4.43. The molecule has 0 aliphatic rings. The van der Waals surface area contributed by atoms with Crippen molar-refractivity contribution < 1.29 is 13.2 Å². The topological polar surface area (TPSA) is 34.4 Å². The van der Waals surface area contributed by atoms with Gasteiger partial charge in [0.25, 0.3) is 5.56 Å². The Morgan fingerprint density at radius 1 is 0.952 bits per heavy atom. The van der Waals surface area contributed by atoms with Crippen molar-refractivity contribution in [3.8, 4) is 11.3 Å². The number of rotatable bonds is 1. The summed E-state index contributed by atoms with van der Waals surface area (Å²) >= 11 is 0. The van der Waals surface area contributed by atoms with Gasteiger partial charge in [-0.2, -0.15) is 13.2 Å². The molecule has 3 rings (SSSR count). The van der Waals surface area contributed by atoms with Gasteiger partial charge in [0.05, 0.1) is 5.69 Å². The van der Waals surface area contributed by atoms with Crippen LogP contribution in [0.3, 0.4) is 0 Å². The summed E-state index contributed by atoms with van der Waals surface area (Å²) in [5.41, 5.74) is -2.29. The van der Waals surface area contributed by atoms with Crippen LogP contribution in [0.4, 0.5) is 13.2 Å². The monoisotopic (exact) mass is 290 g/mol. The van der Waals surface area contributed by atoms with Gasteiger partial charge in [-0.3, -0.25) is 9.20 Å². The van der Waals surface area contributed by atoms with Crippen LogP contribution >= 0.6 is 0 Å². The van der Waals surface area contributed by atoms with E-state index in [2.05, 4.69) is 4.98 Å². The summed E-state index contributed by atoms with van der Waals surface area (Å²) in [6.07, 6.45) is -3.50. The molecule has 0 spiro atoms. The van der Waals surface area contributed by atoms with Crippen LogP contribution in [0, 0.1) is 0 Å². The molecule has 2 heterocycles. The Kier molecular flexibility index (Phi) is 3.01. The molecule has 0 aliphatic carbocycles. The van der Waals surface area contributed by atoms with E-state index in [4.69, 9.17) is 0 Å². The molecule has 0 atom stereocenters. The van der Waals surface area contributed by atoms with Gasteiger partial charge in [0.15, 0.2) is 0 Å². The third-order valence-electron chi connectivity index (χ3n) is 3.06. The van der Waals surface area contributed by atoms with E-state index in [1.807, 2.05) is 0 Å². The van der Waals surface area contributed by atoms with E-state index >= 15 is 0 Å². The molecule has 0 saturated heterocycles. The molecular weight excluding hydrogens is 281 g/mol. The normalized spacial score (nSPS) is 11.8. The first-order valence-corrected chi connectivity index (χ1v) is 6.12. The fourth-order valence-corrected chi connectivity index (χ4v) is 2.15. The van der Waals surface area contributed by atoms with Gasteiger partial charge in [-0.25, -0.2) is 4.98 Å². The second-order valence-corrected chi connectivity index (χ2v) is 4.43. The number of aromatic nitrogens is 2. The number of hydrogen-bond donors (Lipinski definition) is 0. The molecule has 0 radical (unpaired) electrons. The summed E-state index contributed by atoms with van der Waals surface area (Å²) in [5, 5.41) is 0. The van der Waals surface area contributed by atoms with E-state index in [1.165, 1.54) is 30.5 Å². The van der Waals surface area contributed by atoms with Crippen LogP contribution in [0.25, 0.3) is 16.9 Å². The summed E-state index contributed by atoms with van der Waals surface area (Å²) < 4.78 is 40.7. The van der Waals surface area contributed by atoms with Gasteiger partial charge >= 0.3 is 6.18 Å². The molecule has 0 bridgehead atoms. The number of nitrogens with zero attached hydrogens (tertiary/aromatic N) is 2. The average molecular weight is 290 g/mol. The lowest BCUT2D eigenvalue weighted by Crippen LogP contribution is -2.27. The van der Waals surface area contributed by atoms with E-state index in [-0.39, 0.29) is 16.9 Å². The molecule has 0 saturated carbocycles. The van der Waals surface area contributed by atoms with Crippen LogP contribution in [0.15, 0.2) is 59.5 Å². The molecule has 0 amide bonds. The molecule has 21 heavy (non-hydrogen) atoms. The fraction of sp³-hybridized carbons (Fsp3) is 0.0667. The van der Waals surface area contributed by atoms with E-state index in [0.717, 1.165) is 4.40 Å². The summed E-state index contributed by atoms with van der Waals surface area (Å²) in [6, 6.07) is 12.5. The van der Waals surface area contributed by atoms with E-state index in [9.17, 15) is 18.0 Å². The van der Waals surface area contributed by atoms with Gasteiger partial charge in [-0.1, -0.05) is 36.4 Å². The molecule has 0 N–H and O–H groups in total. The Hall–Kier alpha value is -2.63. The summed E-state index contributed by atoms with van der Waals surface area (Å²) in [4.78, 5) is 16.2. The van der Waals surface area contributed by atoms with Crippen molar-refractivity contribution in [3.05, 3.63) is 70.6 Å². The smallest absolute Gasteiger partial charge is 0.268 e. The van der Waals surface area contributed by atoms with Crippen LogP contribution in [0.1, 0.15) is 5.56 Å². The Bertz CT molecular complexity index is 854. The standard InChI is InChI=1S/C15H9F3N2O/c16-15(17,18)12-13(10-6-2-1-3-7-10)19-11-8-4-5-9-20(11)14(12)21/h1-9H. The van der Waals surface area contributed by atoms with Crippen LogP contribution in [0.5, 0.6) is 0 Å². The maximum absolute atomic E-state index is 13.3. The van der Waals surface area contributed by atoms with Crippen molar-refractivity contribution in [1.29, 1.82) is 0 Å². The Labute approximate surface area is 117 Å². The summed E-state index contributed by atoms with van der Waals surface area (Å²) in [6.45, 7) is 0. The van der Waals surface area contributed by atoms with Gasteiger partial charge in [0.1, 0.15) is 11.2 Å². The zero-order valence-electron chi connectivity index (χ0n) is 10.6. The van der Waals surface area contributed by atoms with E-state index < -0.39 is 17.3 Å². The number of pyridine rings is 1.